The van der Waals surface area contributed by atoms with E-state index < -0.39 is 7.92 Å². The van der Waals surface area contributed by atoms with Crippen molar-refractivity contribution >= 4 is 39.8 Å². The van der Waals surface area contributed by atoms with E-state index in [2.05, 4.69) is 101 Å². The molecule has 29 heavy (non-hydrogen) atoms. The van der Waals surface area contributed by atoms with Gasteiger partial charge in [0, 0.05) is 5.33 Å². The fraction of sp³-hybridized carbons (Fsp3) is 0.333. The predicted octanol–water partition coefficient (Wildman–Crippen LogP) is 7.11. The fourth-order valence-electron chi connectivity index (χ4n) is 3.82. The highest BCUT2D eigenvalue weighted by Gasteiger charge is 2.18. The number of hydrogen-bond donors (Lipinski definition) is 0. The average Bonchev–Trinajstić information content (AvgIpc) is 2.78. The third-order valence-electron chi connectivity index (χ3n) is 5.34. The molecule has 0 nitrogen and oxygen atoms in total. The van der Waals surface area contributed by atoms with E-state index in [1.165, 1.54) is 72.8 Å². The number of benzene rings is 3. The van der Waals surface area contributed by atoms with Crippen molar-refractivity contribution in [3.8, 4) is 0 Å². The van der Waals surface area contributed by atoms with Gasteiger partial charge in [-0.3, -0.25) is 0 Å². The molecule has 0 atom stereocenters. The lowest BCUT2D eigenvalue weighted by Gasteiger charge is -2.22. The van der Waals surface area contributed by atoms with Gasteiger partial charge in [-0.2, -0.15) is 0 Å². The summed E-state index contributed by atoms with van der Waals surface area (Å²) in [4.78, 5) is 0. The number of rotatable bonds is 12. The van der Waals surface area contributed by atoms with Gasteiger partial charge >= 0.3 is 0 Å². The quantitative estimate of drug-likeness (QED) is 0.151. The van der Waals surface area contributed by atoms with Crippen LogP contribution in [0.25, 0.3) is 0 Å². The van der Waals surface area contributed by atoms with Crippen LogP contribution >= 0.6 is 23.9 Å². The second kappa shape index (κ2) is 13.0. The van der Waals surface area contributed by atoms with Crippen molar-refractivity contribution < 1.29 is 0 Å². The highest BCUT2D eigenvalue weighted by atomic mass is 79.9. The predicted molar refractivity (Wildman–Crippen MR) is 135 cm³/mol. The molecule has 2 heteroatoms. The molecule has 0 saturated carbocycles. The van der Waals surface area contributed by atoms with Gasteiger partial charge in [0.1, 0.15) is 0 Å². The SMILES string of the molecule is BrCCCCCCCCCc1ccccc1P(c1ccccc1)c1ccccc1. The zero-order chi connectivity index (χ0) is 20.2. The van der Waals surface area contributed by atoms with Crippen LogP contribution < -0.4 is 15.9 Å². The first-order valence-corrected chi connectivity index (χ1v) is 13.4. The third kappa shape index (κ3) is 7.09. The number of unbranched alkanes of at least 4 members (excludes halogenated alkanes) is 6. The molecular weight excluding hydrogens is 435 g/mol. The first kappa shape index (κ1) is 22.3. The molecule has 3 aromatic rings. The van der Waals surface area contributed by atoms with Crippen LogP contribution in [0, 0.1) is 0 Å². The summed E-state index contributed by atoms with van der Waals surface area (Å²) in [6, 6.07) is 31.2. The molecule has 0 unspecified atom stereocenters. The van der Waals surface area contributed by atoms with E-state index in [9.17, 15) is 0 Å². The zero-order valence-electron chi connectivity index (χ0n) is 17.3. The molecule has 0 radical (unpaired) electrons. The van der Waals surface area contributed by atoms with Crippen molar-refractivity contribution in [2.45, 2.75) is 51.4 Å². The van der Waals surface area contributed by atoms with Gasteiger partial charge in [0.05, 0.1) is 0 Å². The van der Waals surface area contributed by atoms with E-state index in [-0.39, 0.29) is 0 Å². The van der Waals surface area contributed by atoms with Crippen molar-refractivity contribution in [2.75, 3.05) is 5.33 Å². The number of aryl methyl sites for hydroxylation is 1. The second-order valence-corrected chi connectivity index (χ2v) is 10.5. The van der Waals surface area contributed by atoms with Crippen LogP contribution in [0.2, 0.25) is 0 Å². The summed E-state index contributed by atoms with van der Waals surface area (Å²) in [5.41, 5.74) is 1.53. The van der Waals surface area contributed by atoms with Gasteiger partial charge in [-0.15, -0.1) is 0 Å². The van der Waals surface area contributed by atoms with E-state index in [1.807, 2.05) is 0 Å². The van der Waals surface area contributed by atoms with E-state index in [0.29, 0.717) is 0 Å². The molecule has 0 aromatic heterocycles. The van der Waals surface area contributed by atoms with Crippen molar-refractivity contribution in [3.63, 3.8) is 0 Å². The summed E-state index contributed by atoms with van der Waals surface area (Å²) in [7, 11) is -0.506. The Balaban J connectivity index is 1.70. The largest absolute Gasteiger partial charge is 0.0928 e. The Morgan fingerprint density at radius 1 is 0.517 bits per heavy atom. The molecule has 0 aliphatic carbocycles. The van der Waals surface area contributed by atoms with E-state index in [1.54, 1.807) is 0 Å². The van der Waals surface area contributed by atoms with Gasteiger partial charge in [-0.1, -0.05) is 133 Å². The molecule has 0 amide bonds. The molecule has 0 spiro atoms. The molecule has 152 valence electrons. The summed E-state index contributed by atoms with van der Waals surface area (Å²) in [5, 5.41) is 5.55. The Hall–Kier alpha value is -1.43. The summed E-state index contributed by atoms with van der Waals surface area (Å²) in [6.07, 6.45) is 10.7. The van der Waals surface area contributed by atoms with Crippen molar-refractivity contribution in [1.29, 1.82) is 0 Å². The molecule has 0 fully saturated rings. The van der Waals surface area contributed by atoms with Crippen molar-refractivity contribution in [2.24, 2.45) is 0 Å². The highest BCUT2D eigenvalue weighted by molar-refractivity contribution is 9.09. The van der Waals surface area contributed by atoms with Gasteiger partial charge in [-0.05, 0) is 48.7 Å². The Morgan fingerprint density at radius 2 is 1.00 bits per heavy atom. The van der Waals surface area contributed by atoms with Gasteiger partial charge in [0.15, 0.2) is 0 Å². The van der Waals surface area contributed by atoms with Crippen molar-refractivity contribution in [1.82, 2.24) is 0 Å². The first-order valence-electron chi connectivity index (χ1n) is 10.9. The summed E-state index contributed by atoms with van der Waals surface area (Å²) >= 11 is 3.52. The topological polar surface area (TPSA) is 0 Å². The third-order valence-corrected chi connectivity index (χ3v) is 8.45. The van der Waals surface area contributed by atoms with Gasteiger partial charge in [0.25, 0.3) is 0 Å². The Bertz CT molecular complexity index is 777. The van der Waals surface area contributed by atoms with E-state index in [0.717, 1.165) is 5.33 Å². The molecule has 3 aromatic carbocycles. The highest BCUT2D eigenvalue weighted by Crippen LogP contribution is 2.34. The minimum Gasteiger partial charge on any atom is -0.0928 e. The zero-order valence-corrected chi connectivity index (χ0v) is 19.8. The molecule has 3 rings (SSSR count). The molecule has 0 heterocycles. The average molecular weight is 467 g/mol. The van der Waals surface area contributed by atoms with Gasteiger partial charge in [0.2, 0.25) is 0 Å². The lowest BCUT2D eigenvalue weighted by molar-refractivity contribution is 0.591. The number of hydrogen-bond acceptors (Lipinski definition) is 0. The lowest BCUT2D eigenvalue weighted by atomic mass is 10.0. The Kier molecular flexibility index (Phi) is 9.97. The molecule has 0 saturated heterocycles. The normalized spacial score (nSPS) is 11.1. The van der Waals surface area contributed by atoms with E-state index >= 15 is 0 Å². The number of alkyl halides is 1. The van der Waals surface area contributed by atoms with Crippen molar-refractivity contribution in [3.05, 3.63) is 90.5 Å². The fourth-order valence-corrected chi connectivity index (χ4v) is 6.72. The van der Waals surface area contributed by atoms with Gasteiger partial charge in [-0.25, -0.2) is 0 Å². The maximum atomic E-state index is 3.52. The Morgan fingerprint density at radius 3 is 1.59 bits per heavy atom. The Labute approximate surface area is 186 Å². The summed E-state index contributed by atoms with van der Waals surface area (Å²) < 4.78 is 0. The first-order chi connectivity index (χ1) is 14.4. The van der Waals surface area contributed by atoms with Crippen LogP contribution in [-0.4, -0.2) is 5.33 Å². The standard InChI is InChI=1S/C27H32BrP/c28-23-15-5-3-1-2-4-8-16-24-17-13-14-22-27(24)29(25-18-9-6-10-19-25)26-20-11-7-12-21-26/h6-7,9-14,17-22H,1-5,8,15-16,23H2. The molecule has 0 aliphatic rings. The van der Waals surface area contributed by atoms with Crippen LogP contribution in [0.1, 0.15) is 50.5 Å². The maximum Gasteiger partial charge on any atom is 0.00313 e. The molecule has 0 N–H and O–H groups in total. The maximum absolute atomic E-state index is 3.52. The van der Waals surface area contributed by atoms with E-state index in [4.69, 9.17) is 0 Å². The molecule has 0 bridgehead atoms. The molecular formula is C27H32BrP. The molecule has 0 aliphatic heterocycles. The number of halogens is 1. The van der Waals surface area contributed by atoms with Crippen LogP contribution in [0.15, 0.2) is 84.9 Å². The minimum absolute atomic E-state index is 0.506. The lowest BCUT2D eigenvalue weighted by Crippen LogP contribution is -2.23. The van der Waals surface area contributed by atoms with Crippen LogP contribution in [0.3, 0.4) is 0 Å². The van der Waals surface area contributed by atoms with Crippen LogP contribution in [0.4, 0.5) is 0 Å². The smallest absolute Gasteiger partial charge is 0.00313 e. The second-order valence-electron chi connectivity index (χ2n) is 7.55. The minimum atomic E-state index is -0.506. The van der Waals surface area contributed by atoms with Crippen LogP contribution in [-0.2, 0) is 6.42 Å². The summed E-state index contributed by atoms with van der Waals surface area (Å²) in [6.45, 7) is 0. The van der Waals surface area contributed by atoms with Gasteiger partial charge < -0.3 is 0 Å². The monoisotopic (exact) mass is 466 g/mol. The summed E-state index contributed by atoms with van der Waals surface area (Å²) in [5.74, 6) is 0. The van der Waals surface area contributed by atoms with Crippen LogP contribution in [0.5, 0.6) is 0 Å².